The molecule has 0 atom stereocenters. The Morgan fingerprint density at radius 2 is 1.13 bits per heavy atom. The van der Waals surface area contributed by atoms with E-state index in [1.165, 1.54) is 51.4 Å². The van der Waals surface area contributed by atoms with E-state index in [0.29, 0.717) is 0 Å². The fourth-order valence-corrected chi connectivity index (χ4v) is 1.99. The Balaban J connectivity index is 2.81. The van der Waals surface area contributed by atoms with Gasteiger partial charge in [-0.05, 0) is 0 Å². The molecule has 15 heavy (non-hydrogen) atoms. The molecule has 0 aliphatic rings. The molecule has 0 aliphatic carbocycles. The van der Waals surface area contributed by atoms with Crippen LogP contribution in [0.3, 0.4) is 0 Å². The second kappa shape index (κ2) is 14.5. The summed E-state index contributed by atoms with van der Waals surface area (Å²) in [5.41, 5.74) is 0. The second-order valence-corrected chi connectivity index (χ2v) is 4.82. The Morgan fingerprint density at radius 1 is 0.667 bits per heavy atom. The van der Waals surface area contributed by atoms with Crippen molar-refractivity contribution in [3.8, 4) is 0 Å². The van der Waals surface area contributed by atoms with Crippen LogP contribution in [-0.2, 0) is 7.58 Å². The van der Waals surface area contributed by atoms with Crippen molar-refractivity contribution < 1.29 is 7.58 Å². The van der Waals surface area contributed by atoms with Crippen LogP contribution >= 0.6 is 0 Å². The molecule has 0 amide bonds. The Labute approximate surface area is 102 Å². The van der Waals surface area contributed by atoms with E-state index in [-0.39, 0.29) is 15.9 Å². The predicted octanol–water partition coefficient (Wildman–Crippen LogP) is 3.71. The molecule has 0 rings (SSSR count). The Kier molecular flexibility index (Phi) is 14.9. The summed E-state index contributed by atoms with van der Waals surface area (Å²) in [6.07, 6.45) is 10.2. The van der Waals surface area contributed by atoms with Crippen LogP contribution in [0.5, 0.6) is 0 Å². The zero-order valence-electron chi connectivity index (χ0n) is 10.5. The summed E-state index contributed by atoms with van der Waals surface area (Å²) < 4.78 is 10.9. The van der Waals surface area contributed by atoms with Crippen molar-refractivity contribution in [1.29, 1.82) is 0 Å². The number of unbranched alkanes of at least 4 members (excludes halogenated alkanes) is 6. The van der Waals surface area contributed by atoms with Crippen LogP contribution in [0.2, 0.25) is 0 Å². The van der Waals surface area contributed by atoms with Gasteiger partial charge in [0.15, 0.2) is 0 Å². The molecular formula is C12H26AlO2+. The van der Waals surface area contributed by atoms with Crippen LogP contribution in [0.4, 0.5) is 0 Å². The number of hydrogen-bond donors (Lipinski definition) is 0. The van der Waals surface area contributed by atoms with Crippen LogP contribution in [0.1, 0.15) is 65.2 Å². The summed E-state index contributed by atoms with van der Waals surface area (Å²) in [5, 5.41) is 0. The quantitative estimate of drug-likeness (QED) is 0.375. The summed E-state index contributed by atoms with van der Waals surface area (Å²) in [7, 11) is 0. The first kappa shape index (κ1) is 15.5. The first-order chi connectivity index (χ1) is 7.41. The van der Waals surface area contributed by atoms with E-state index < -0.39 is 0 Å². The van der Waals surface area contributed by atoms with Gasteiger partial charge in [0.2, 0.25) is 0 Å². The summed E-state index contributed by atoms with van der Waals surface area (Å²) in [6, 6.07) is 0. The van der Waals surface area contributed by atoms with Crippen molar-refractivity contribution in [2.75, 3.05) is 13.2 Å². The maximum atomic E-state index is 5.45. The van der Waals surface area contributed by atoms with Crippen molar-refractivity contribution in [1.82, 2.24) is 0 Å². The SMILES string of the molecule is CCCCCC[O][Al+][O]CCCCCC. The van der Waals surface area contributed by atoms with Gasteiger partial charge in [-0.2, -0.15) is 0 Å². The average Bonchev–Trinajstić information content (AvgIpc) is 2.26. The molecule has 0 heterocycles. The molecule has 88 valence electrons. The van der Waals surface area contributed by atoms with E-state index >= 15 is 0 Å². The van der Waals surface area contributed by atoms with Gasteiger partial charge in [-0.25, -0.2) is 0 Å². The molecule has 0 saturated carbocycles. The molecule has 3 heteroatoms. The monoisotopic (exact) mass is 229 g/mol. The van der Waals surface area contributed by atoms with Crippen molar-refractivity contribution >= 4 is 15.9 Å². The zero-order chi connectivity index (χ0) is 11.2. The van der Waals surface area contributed by atoms with Gasteiger partial charge in [-0.15, -0.1) is 0 Å². The molecule has 0 unspecified atom stereocenters. The molecule has 0 radical (unpaired) electrons. The molecule has 0 aliphatic heterocycles. The Hall–Kier alpha value is 0.452. The van der Waals surface area contributed by atoms with Gasteiger partial charge in [-0.3, -0.25) is 0 Å². The van der Waals surface area contributed by atoms with Gasteiger partial charge in [0, 0.05) is 0 Å². The normalized spacial score (nSPS) is 10.3. The second-order valence-electron chi connectivity index (χ2n) is 3.96. The van der Waals surface area contributed by atoms with E-state index in [1.807, 2.05) is 0 Å². The summed E-state index contributed by atoms with van der Waals surface area (Å²) in [6.45, 7) is 6.24. The zero-order valence-corrected chi connectivity index (χ0v) is 11.6. The van der Waals surface area contributed by atoms with Gasteiger partial charge >= 0.3 is 102 Å². The molecule has 0 fully saturated rings. The fraction of sp³-hybridized carbons (Fsp3) is 1.00. The summed E-state index contributed by atoms with van der Waals surface area (Å²) >= 11 is -0.201. The molecule has 0 aromatic rings. The van der Waals surface area contributed by atoms with Crippen LogP contribution < -0.4 is 0 Å². The molecule has 0 bridgehead atoms. The number of rotatable bonds is 12. The number of hydrogen-bond acceptors (Lipinski definition) is 2. The van der Waals surface area contributed by atoms with Gasteiger partial charge in [-0.1, -0.05) is 0 Å². The van der Waals surface area contributed by atoms with Crippen molar-refractivity contribution in [2.45, 2.75) is 65.2 Å². The summed E-state index contributed by atoms with van der Waals surface area (Å²) in [4.78, 5) is 0. The van der Waals surface area contributed by atoms with E-state index in [4.69, 9.17) is 7.58 Å². The van der Waals surface area contributed by atoms with E-state index in [0.717, 1.165) is 13.2 Å². The first-order valence-corrected chi connectivity index (χ1v) is 7.41. The van der Waals surface area contributed by atoms with Gasteiger partial charge < -0.3 is 0 Å². The van der Waals surface area contributed by atoms with Crippen LogP contribution in [-0.4, -0.2) is 29.1 Å². The molecule has 0 aromatic carbocycles. The fourth-order valence-electron chi connectivity index (χ4n) is 1.37. The van der Waals surface area contributed by atoms with E-state index in [1.54, 1.807) is 0 Å². The topological polar surface area (TPSA) is 18.5 Å². The Morgan fingerprint density at radius 3 is 1.53 bits per heavy atom. The molecule has 0 aromatic heterocycles. The molecular weight excluding hydrogens is 203 g/mol. The minimum atomic E-state index is -0.201. The van der Waals surface area contributed by atoms with E-state index in [2.05, 4.69) is 13.8 Å². The van der Waals surface area contributed by atoms with E-state index in [9.17, 15) is 0 Å². The molecule has 0 N–H and O–H groups in total. The van der Waals surface area contributed by atoms with Crippen molar-refractivity contribution in [3.05, 3.63) is 0 Å². The minimum absolute atomic E-state index is 0.201. The van der Waals surface area contributed by atoms with Gasteiger partial charge in [0.1, 0.15) is 0 Å². The van der Waals surface area contributed by atoms with Crippen molar-refractivity contribution in [3.63, 3.8) is 0 Å². The third-order valence-electron chi connectivity index (χ3n) is 2.37. The van der Waals surface area contributed by atoms with Crippen LogP contribution in [0.25, 0.3) is 0 Å². The third kappa shape index (κ3) is 14.5. The Bertz CT molecular complexity index is 97.8. The van der Waals surface area contributed by atoms with Crippen LogP contribution in [0, 0.1) is 0 Å². The van der Waals surface area contributed by atoms with Crippen molar-refractivity contribution in [2.24, 2.45) is 0 Å². The van der Waals surface area contributed by atoms with Gasteiger partial charge in [0.05, 0.1) is 0 Å². The third-order valence-corrected chi connectivity index (χ3v) is 3.11. The standard InChI is InChI=1S/2C6H13O.Al/c2*1-2-3-4-5-6-7;/h2*2-6H2,1H3;/q2*-1;+3. The van der Waals surface area contributed by atoms with Crippen LogP contribution in [0.15, 0.2) is 0 Å². The maximum absolute atomic E-state index is 5.45. The molecule has 2 nitrogen and oxygen atoms in total. The molecule has 0 saturated heterocycles. The molecule has 0 spiro atoms. The first-order valence-electron chi connectivity index (χ1n) is 6.46. The van der Waals surface area contributed by atoms with Gasteiger partial charge in [0.25, 0.3) is 0 Å². The predicted molar refractivity (Wildman–Crippen MR) is 65.9 cm³/mol. The average molecular weight is 229 g/mol. The summed E-state index contributed by atoms with van der Waals surface area (Å²) in [5.74, 6) is 0.